The number of urea groups is 1. The highest BCUT2D eigenvalue weighted by Gasteiger charge is 2.45. The number of imide groups is 2. The highest BCUT2D eigenvalue weighted by Crippen LogP contribution is 2.24. The minimum Gasteiger partial charge on any atom is -0.272 e. The van der Waals surface area contributed by atoms with Crippen LogP contribution in [0.3, 0.4) is 0 Å². The third-order valence-electron chi connectivity index (χ3n) is 2.22. The third kappa shape index (κ3) is 1.87. The summed E-state index contributed by atoms with van der Waals surface area (Å²) in [6, 6.07) is 7.18. The summed E-state index contributed by atoms with van der Waals surface area (Å²) >= 11 is 11.1. The number of hydrogen-bond donors (Lipinski definition) is 0. The molecule has 0 aliphatic carbocycles. The summed E-state index contributed by atoms with van der Waals surface area (Å²) in [5.41, 5.74) is 0.311. The zero-order valence-corrected chi connectivity index (χ0v) is 9.85. The van der Waals surface area contributed by atoms with E-state index in [2.05, 4.69) is 0 Å². The molecule has 1 unspecified atom stereocenters. The molecule has 1 aromatic rings. The van der Waals surface area contributed by atoms with E-state index >= 15 is 0 Å². The molecule has 0 radical (unpaired) electrons. The maximum atomic E-state index is 11.8. The van der Waals surface area contributed by atoms with Gasteiger partial charge in [0.25, 0.3) is 11.8 Å². The van der Waals surface area contributed by atoms with Crippen LogP contribution in [0.5, 0.6) is 0 Å². The lowest BCUT2D eigenvalue weighted by Gasteiger charge is -2.30. The summed E-state index contributed by atoms with van der Waals surface area (Å²) < 4.78 is 0.312. The molecule has 0 bridgehead atoms. The second-order valence-corrected chi connectivity index (χ2v) is 4.05. The lowest BCUT2D eigenvalue weighted by atomic mass is 10.2. The van der Waals surface area contributed by atoms with Crippen LogP contribution in [0, 0.1) is 0 Å². The molecule has 1 atom stereocenters. The Bertz CT molecular complexity index is 468. The Morgan fingerprint density at radius 1 is 1.00 bits per heavy atom. The molecule has 1 aliphatic rings. The van der Waals surface area contributed by atoms with Gasteiger partial charge in [0.1, 0.15) is 0 Å². The highest BCUT2D eigenvalue weighted by atomic mass is 35.5. The van der Waals surface area contributed by atoms with E-state index in [-0.39, 0.29) is 0 Å². The molecule has 88 valence electrons. The van der Waals surface area contributed by atoms with Crippen LogP contribution in [0.15, 0.2) is 30.3 Å². The van der Waals surface area contributed by atoms with E-state index in [4.69, 9.17) is 23.4 Å². The van der Waals surface area contributed by atoms with Crippen molar-refractivity contribution in [1.82, 2.24) is 4.42 Å². The maximum Gasteiger partial charge on any atom is 0.353 e. The molecule has 1 heterocycles. The lowest BCUT2D eigenvalue weighted by Crippen LogP contribution is -2.57. The number of nitrogens with zero attached hydrogens (tertiary/aromatic N) is 2. The lowest BCUT2D eigenvalue weighted by molar-refractivity contribution is -0.131. The normalized spacial score (nSPS) is 21.1. The van der Waals surface area contributed by atoms with E-state index in [1.807, 2.05) is 0 Å². The molecule has 0 spiro atoms. The van der Waals surface area contributed by atoms with Crippen LogP contribution in [-0.2, 0) is 9.59 Å². The number of halogens is 2. The summed E-state index contributed by atoms with van der Waals surface area (Å²) in [6.07, 6.45) is 0. The monoisotopic (exact) mass is 272 g/mol. The van der Waals surface area contributed by atoms with Gasteiger partial charge in [-0.1, -0.05) is 18.2 Å². The third-order valence-corrected chi connectivity index (χ3v) is 2.91. The molecule has 1 fully saturated rings. The Morgan fingerprint density at radius 3 is 2.18 bits per heavy atom. The first-order chi connectivity index (χ1) is 8.04. The predicted molar refractivity (Wildman–Crippen MR) is 61.7 cm³/mol. The Balaban J connectivity index is 2.43. The van der Waals surface area contributed by atoms with Crippen LogP contribution in [0.2, 0.25) is 0 Å². The number of barbiturate groups is 1. The zero-order chi connectivity index (χ0) is 12.6. The summed E-state index contributed by atoms with van der Waals surface area (Å²) in [4.78, 5) is 35.6. The van der Waals surface area contributed by atoms with Crippen LogP contribution in [0.25, 0.3) is 0 Å². The minimum absolute atomic E-state index is 0.311. The van der Waals surface area contributed by atoms with Crippen molar-refractivity contribution in [1.29, 1.82) is 0 Å². The van der Waals surface area contributed by atoms with Crippen LogP contribution >= 0.6 is 23.4 Å². The molecule has 4 amide bonds. The van der Waals surface area contributed by atoms with Gasteiger partial charge >= 0.3 is 6.03 Å². The van der Waals surface area contributed by atoms with Gasteiger partial charge in [0.05, 0.1) is 5.69 Å². The smallest absolute Gasteiger partial charge is 0.272 e. The number of para-hydroxylation sites is 1. The van der Waals surface area contributed by atoms with Crippen molar-refractivity contribution in [3.63, 3.8) is 0 Å². The van der Waals surface area contributed by atoms with Gasteiger partial charge in [0.15, 0.2) is 5.38 Å². The number of carbonyl (C=O) groups is 3. The molecule has 5 nitrogen and oxygen atoms in total. The maximum absolute atomic E-state index is 11.8. The van der Waals surface area contributed by atoms with E-state index in [1.54, 1.807) is 30.3 Å². The Labute approximate surface area is 107 Å². The Morgan fingerprint density at radius 2 is 1.59 bits per heavy atom. The number of alkyl halides is 1. The fourth-order valence-corrected chi connectivity index (χ4v) is 1.83. The minimum atomic E-state index is -1.48. The van der Waals surface area contributed by atoms with Crippen molar-refractivity contribution in [3.8, 4) is 0 Å². The molecule has 17 heavy (non-hydrogen) atoms. The summed E-state index contributed by atoms with van der Waals surface area (Å²) in [6.45, 7) is 0. The first kappa shape index (κ1) is 11.9. The van der Waals surface area contributed by atoms with Crippen molar-refractivity contribution < 1.29 is 14.4 Å². The second kappa shape index (κ2) is 4.35. The Hall–Kier alpha value is -1.59. The van der Waals surface area contributed by atoms with Gasteiger partial charge in [-0.05, 0) is 12.1 Å². The second-order valence-electron chi connectivity index (χ2n) is 3.27. The van der Waals surface area contributed by atoms with Gasteiger partial charge in [0.2, 0.25) is 0 Å². The molecule has 0 N–H and O–H groups in total. The SMILES string of the molecule is O=C1C(Cl)C(=O)N(c2ccccc2)C(=O)N1Cl. The van der Waals surface area contributed by atoms with Gasteiger partial charge in [-0.25, -0.2) is 9.69 Å². The molecule has 2 rings (SSSR count). The average molecular weight is 273 g/mol. The van der Waals surface area contributed by atoms with Crippen molar-refractivity contribution in [2.45, 2.75) is 5.38 Å². The van der Waals surface area contributed by atoms with E-state index in [0.717, 1.165) is 4.90 Å². The van der Waals surface area contributed by atoms with Crippen molar-refractivity contribution >= 4 is 46.9 Å². The quantitative estimate of drug-likeness (QED) is 0.445. The molecular formula is C10H6Cl2N2O3. The molecule has 0 aromatic heterocycles. The number of benzene rings is 1. The molecular weight excluding hydrogens is 267 g/mol. The topological polar surface area (TPSA) is 57.7 Å². The van der Waals surface area contributed by atoms with E-state index in [1.165, 1.54) is 0 Å². The number of hydrogen-bond acceptors (Lipinski definition) is 3. The molecule has 7 heteroatoms. The number of anilines is 1. The Kier molecular flexibility index (Phi) is 3.04. The highest BCUT2D eigenvalue weighted by molar-refractivity contribution is 6.52. The largest absolute Gasteiger partial charge is 0.353 e. The number of rotatable bonds is 1. The molecule has 0 saturated carbocycles. The molecule has 1 saturated heterocycles. The van der Waals surface area contributed by atoms with Crippen molar-refractivity contribution in [3.05, 3.63) is 30.3 Å². The van der Waals surface area contributed by atoms with Crippen molar-refractivity contribution in [2.75, 3.05) is 4.90 Å². The fourth-order valence-electron chi connectivity index (χ4n) is 1.41. The first-order valence-electron chi connectivity index (χ1n) is 4.61. The van der Waals surface area contributed by atoms with Crippen LogP contribution in [-0.4, -0.2) is 27.6 Å². The standard InChI is InChI=1S/C10H6Cl2N2O3/c11-7-8(15)13(6-4-2-1-3-5-6)10(17)14(12)9(7)16/h1-5,7H. The van der Waals surface area contributed by atoms with Crippen molar-refractivity contribution in [2.24, 2.45) is 0 Å². The van der Waals surface area contributed by atoms with Crippen LogP contribution in [0.1, 0.15) is 0 Å². The van der Waals surface area contributed by atoms with E-state index < -0.39 is 23.2 Å². The van der Waals surface area contributed by atoms with Gasteiger partial charge in [0, 0.05) is 11.8 Å². The van der Waals surface area contributed by atoms with Gasteiger partial charge < -0.3 is 0 Å². The predicted octanol–water partition coefficient (Wildman–Crippen LogP) is 1.74. The average Bonchev–Trinajstić information content (AvgIpc) is 2.36. The van der Waals surface area contributed by atoms with E-state index in [0.29, 0.717) is 10.1 Å². The summed E-state index contributed by atoms with van der Waals surface area (Å²) in [5, 5.41) is -1.48. The first-order valence-corrected chi connectivity index (χ1v) is 5.38. The zero-order valence-electron chi connectivity index (χ0n) is 8.34. The van der Waals surface area contributed by atoms with Crippen LogP contribution < -0.4 is 4.90 Å². The van der Waals surface area contributed by atoms with Gasteiger partial charge in [-0.3, -0.25) is 9.59 Å². The van der Waals surface area contributed by atoms with Crippen LogP contribution in [0.4, 0.5) is 10.5 Å². The van der Waals surface area contributed by atoms with E-state index in [9.17, 15) is 14.4 Å². The fraction of sp³-hybridized carbons (Fsp3) is 0.100. The molecule has 1 aromatic carbocycles. The van der Waals surface area contributed by atoms with Gasteiger partial charge in [-0.2, -0.15) is 4.42 Å². The number of carbonyl (C=O) groups excluding carboxylic acids is 3. The number of amides is 4. The summed E-state index contributed by atoms with van der Waals surface area (Å²) in [7, 11) is 0. The summed E-state index contributed by atoms with van der Waals surface area (Å²) in [5.74, 6) is -1.74. The molecule has 1 aliphatic heterocycles. The van der Waals surface area contributed by atoms with Gasteiger partial charge in [-0.15, -0.1) is 11.6 Å².